The lowest BCUT2D eigenvalue weighted by Gasteiger charge is -2.28. The lowest BCUT2D eigenvalue weighted by atomic mass is 10.1. The topological polar surface area (TPSA) is 48.0 Å². The molecular formula is C24H29NO4. The third-order valence-corrected chi connectivity index (χ3v) is 5.42. The van der Waals surface area contributed by atoms with Gasteiger partial charge < -0.3 is 19.1 Å². The molecule has 5 heteroatoms. The van der Waals surface area contributed by atoms with Crippen LogP contribution in [0.4, 0.5) is 0 Å². The average Bonchev–Trinajstić information content (AvgIpc) is 3.61. The number of amides is 1. The molecule has 2 aromatic rings. The molecule has 0 aliphatic heterocycles. The normalized spacial score (nSPS) is 14.5. The lowest BCUT2D eigenvalue weighted by molar-refractivity contribution is -0.129. The summed E-state index contributed by atoms with van der Waals surface area (Å²) in [4.78, 5) is 15.0. The molecule has 1 aliphatic carbocycles. The molecule has 0 N–H and O–H groups in total. The Bertz CT molecular complexity index is 856. The van der Waals surface area contributed by atoms with Crippen LogP contribution in [0, 0.1) is 5.92 Å². The number of rotatable bonds is 9. The second kappa shape index (κ2) is 9.50. The summed E-state index contributed by atoms with van der Waals surface area (Å²) in [5.74, 6) is 2.72. The standard InChI is InChI=1S/C24H29NO4/c1-17(20-9-10-20)25(16-19-5-11-21(27-2)12-6-19)24(26)14-8-18-7-13-22(28-3)23(15-18)29-4/h5-8,11-15,17,20H,9-10,16H2,1-4H3. The summed E-state index contributed by atoms with van der Waals surface area (Å²) in [5, 5.41) is 0. The molecule has 154 valence electrons. The van der Waals surface area contributed by atoms with Crippen LogP contribution in [0.1, 0.15) is 30.9 Å². The van der Waals surface area contributed by atoms with Crippen molar-refractivity contribution in [1.82, 2.24) is 4.90 Å². The third-order valence-electron chi connectivity index (χ3n) is 5.42. The third kappa shape index (κ3) is 5.31. The predicted molar refractivity (Wildman–Crippen MR) is 114 cm³/mol. The Kier molecular flexibility index (Phi) is 6.81. The number of carbonyl (C=O) groups is 1. The highest BCUT2D eigenvalue weighted by Crippen LogP contribution is 2.36. The Morgan fingerprint density at radius 1 is 1.03 bits per heavy atom. The van der Waals surface area contributed by atoms with Crippen LogP contribution in [0.15, 0.2) is 48.5 Å². The van der Waals surface area contributed by atoms with E-state index in [-0.39, 0.29) is 11.9 Å². The summed E-state index contributed by atoms with van der Waals surface area (Å²) in [6.45, 7) is 2.72. The summed E-state index contributed by atoms with van der Waals surface area (Å²) >= 11 is 0. The van der Waals surface area contributed by atoms with E-state index in [4.69, 9.17) is 14.2 Å². The second-order valence-corrected chi connectivity index (χ2v) is 7.34. The van der Waals surface area contributed by atoms with Gasteiger partial charge in [0, 0.05) is 18.7 Å². The molecule has 0 saturated heterocycles. The first kappa shape index (κ1) is 20.8. The van der Waals surface area contributed by atoms with Gasteiger partial charge in [-0.05, 0) is 67.2 Å². The summed E-state index contributed by atoms with van der Waals surface area (Å²) in [6, 6.07) is 13.7. The van der Waals surface area contributed by atoms with Crippen molar-refractivity contribution >= 4 is 12.0 Å². The summed E-state index contributed by atoms with van der Waals surface area (Å²) in [5.41, 5.74) is 1.98. The molecule has 0 radical (unpaired) electrons. The predicted octanol–water partition coefficient (Wildman–Crippen LogP) is 4.55. The minimum absolute atomic E-state index is 0.00926. The number of methoxy groups -OCH3 is 3. The fourth-order valence-electron chi connectivity index (χ4n) is 3.40. The van der Waals surface area contributed by atoms with Gasteiger partial charge >= 0.3 is 0 Å². The van der Waals surface area contributed by atoms with Gasteiger partial charge in [-0.2, -0.15) is 0 Å². The second-order valence-electron chi connectivity index (χ2n) is 7.34. The maximum absolute atomic E-state index is 13.1. The van der Waals surface area contributed by atoms with Gasteiger partial charge in [0.25, 0.3) is 0 Å². The van der Waals surface area contributed by atoms with Crippen molar-refractivity contribution in [3.05, 3.63) is 59.7 Å². The van der Waals surface area contributed by atoms with Gasteiger partial charge in [0.1, 0.15) is 5.75 Å². The van der Waals surface area contributed by atoms with Crippen LogP contribution in [-0.2, 0) is 11.3 Å². The van der Waals surface area contributed by atoms with Gasteiger partial charge in [-0.25, -0.2) is 0 Å². The average molecular weight is 395 g/mol. The van der Waals surface area contributed by atoms with Crippen LogP contribution in [0.2, 0.25) is 0 Å². The van der Waals surface area contributed by atoms with Crippen LogP contribution in [-0.4, -0.2) is 38.2 Å². The number of carbonyl (C=O) groups excluding carboxylic acids is 1. The molecule has 0 spiro atoms. The minimum atomic E-state index is 0.00926. The molecule has 29 heavy (non-hydrogen) atoms. The van der Waals surface area contributed by atoms with E-state index < -0.39 is 0 Å². The number of nitrogens with zero attached hydrogens (tertiary/aromatic N) is 1. The van der Waals surface area contributed by atoms with Gasteiger partial charge in [0.15, 0.2) is 11.5 Å². The highest BCUT2D eigenvalue weighted by atomic mass is 16.5. The number of benzene rings is 2. The molecule has 5 nitrogen and oxygen atoms in total. The van der Waals surface area contributed by atoms with E-state index >= 15 is 0 Å². The molecule has 1 saturated carbocycles. The number of hydrogen-bond acceptors (Lipinski definition) is 4. The Morgan fingerprint density at radius 2 is 1.72 bits per heavy atom. The first-order valence-electron chi connectivity index (χ1n) is 9.89. The van der Waals surface area contributed by atoms with E-state index in [2.05, 4.69) is 6.92 Å². The van der Waals surface area contributed by atoms with Gasteiger partial charge in [0.05, 0.1) is 21.3 Å². The summed E-state index contributed by atoms with van der Waals surface area (Å²) in [6.07, 6.45) is 5.84. The van der Waals surface area contributed by atoms with Crippen molar-refractivity contribution in [2.45, 2.75) is 32.4 Å². The van der Waals surface area contributed by atoms with Crippen molar-refractivity contribution in [1.29, 1.82) is 0 Å². The van der Waals surface area contributed by atoms with Crippen molar-refractivity contribution in [2.75, 3.05) is 21.3 Å². The van der Waals surface area contributed by atoms with Gasteiger partial charge in [-0.3, -0.25) is 4.79 Å². The van der Waals surface area contributed by atoms with Crippen LogP contribution in [0.3, 0.4) is 0 Å². The molecule has 1 fully saturated rings. The van der Waals surface area contributed by atoms with Crippen LogP contribution < -0.4 is 14.2 Å². The minimum Gasteiger partial charge on any atom is -0.497 e. The molecule has 0 aromatic heterocycles. The quantitative estimate of drug-likeness (QED) is 0.584. The zero-order valence-corrected chi connectivity index (χ0v) is 17.6. The molecule has 0 heterocycles. The molecule has 1 atom stereocenters. The Labute approximate surface area is 172 Å². The van der Waals surface area contributed by atoms with E-state index in [1.165, 1.54) is 12.8 Å². The van der Waals surface area contributed by atoms with E-state index in [1.807, 2.05) is 53.4 Å². The highest BCUT2D eigenvalue weighted by Gasteiger charge is 2.33. The maximum Gasteiger partial charge on any atom is 0.247 e. The van der Waals surface area contributed by atoms with E-state index in [9.17, 15) is 4.79 Å². The lowest BCUT2D eigenvalue weighted by Crippen LogP contribution is -2.38. The molecule has 1 unspecified atom stereocenters. The van der Waals surface area contributed by atoms with E-state index in [1.54, 1.807) is 27.4 Å². The molecule has 3 rings (SSSR count). The first-order chi connectivity index (χ1) is 14.0. The van der Waals surface area contributed by atoms with Crippen LogP contribution in [0.5, 0.6) is 17.2 Å². The first-order valence-corrected chi connectivity index (χ1v) is 9.89. The summed E-state index contributed by atoms with van der Waals surface area (Å²) < 4.78 is 15.8. The zero-order valence-electron chi connectivity index (χ0n) is 17.6. The zero-order chi connectivity index (χ0) is 20.8. The Morgan fingerprint density at radius 3 is 2.31 bits per heavy atom. The maximum atomic E-state index is 13.1. The van der Waals surface area contributed by atoms with Crippen molar-refractivity contribution < 1.29 is 19.0 Å². The van der Waals surface area contributed by atoms with Crippen LogP contribution in [0.25, 0.3) is 6.08 Å². The monoisotopic (exact) mass is 395 g/mol. The Hall–Kier alpha value is -2.95. The number of hydrogen-bond donors (Lipinski definition) is 0. The SMILES string of the molecule is COc1ccc(CN(C(=O)C=Cc2ccc(OC)c(OC)c2)C(C)C2CC2)cc1. The molecule has 1 aliphatic rings. The van der Waals surface area contributed by atoms with Crippen molar-refractivity contribution in [3.63, 3.8) is 0 Å². The number of ether oxygens (including phenoxy) is 3. The largest absolute Gasteiger partial charge is 0.497 e. The van der Waals surface area contributed by atoms with Gasteiger partial charge in [-0.1, -0.05) is 18.2 Å². The molecular weight excluding hydrogens is 366 g/mol. The van der Waals surface area contributed by atoms with Crippen molar-refractivity contribution in [2.24, 2.45) is 5.92 Å². The fourth-order valence-corrected chi connectivity index (χ4v) is 3.40. The summed E-state index contributed by atoms with van der Waals surface area (Å²) in [7, 11) is 4.86. The van der Waals surface area contributed by atoms with Crippen molar-refractivity contribution in [3.8, 4) is 17.2 Å². The molecule has 2 aromatic carbocycles. The van der Waals surface area contributed by atoms with Crippen LogP contribution >= 0.6 is 0 Å². The van der Waals surface area contributed by atoms with Gasteiger partial charge in [-0.15, -0.1) is 0 Å². The van der Waals surface area contributed by atoms with E-state index in [0.29, 0.717) is 24.0 Å². The fraction of sp³-hybridized carbons (Fsp3) is 0.375. The van der Waals surface area contributed by atoms with E-state index in [0.717, 1.165) is 16.9 Å². The smallest absolute Gasteiger partial charge is 0.247 e. The molecule has 1 amide bonds. The van der Waals surface area contributed by atoms with Gasteiger partial charge in [0.2, 0.25) is 5.91 Å². The highest BCUT2D eigenvalue weighted by molar-refractivity contribution is 5.92. The Balaban J connectivity index is 1.76. The molecule has 0 bridgehead atoms.